The molecule has 0 spiro atoms. The number of nitrogens with zero attached hydrogens (tertiary/aromatic N) is 2. The minimum absolute atomic E-state index is 0.157. The van der Waals surface area contributed by atoms with E-state index in [0.717, 1.165) is 0 Å². The Morgan fingerprint density at radius 1 is 1.18 bits per heavy atom. The SMILES string of the molecule is COc1nc(C(C)(C)C(=O)O)nc(OC)c1C. The maximum Gasteiger partial charge on any atom is 0.316 e. The Hall–Kier alpha value is -1.85. The fourth-order valence-corrected chi connectivity index (χ4v) is 1.25. The van der Waals surface area contributed by atoms with Crippen LogP contribution in [0.2, 0.25) is 0 Å². The third kappa shape index (κ3) is 2.30. The molecule has 0 atom stereocenters. The van der Waals surface area contributed by atoms with Gasteiger partial charge in [-0.3, -0.25) is 4.79 Å². The Balaban J connectivity index is 3.41. The molecule has 6 heteroatoms. The Kier molecular flexibility index (Phi) is 3.55. The maximum atomic E-state index is 11.1. The summed E-state index contributed by atoms with van der Waals surface area (Å²) in [6, 6.07) is 0. The number of hydrogen-bond acceptors (Lipinski definition) is 5. The lowest BCUT2D eigenvalue weighted by Crippen LogP contribution is -2.31. The minimum Gasteiger partial charge on any atom is -0.481 e. The predicted octanol–water partition coefficient (Wildman–Crippen LogP) is 1.16. The molecule has 6 nitrogen and oxygen atoms in total. The largest absolute Gasteiger partial charge is 0.481 e. The quantitative estimate of drug-likeness (QED) is 0.850. The monoisotopic (exact) mass is 240 g/mol. The molecule has 0 saturated carbocycles. The average Bonchev–Trinajstić information content (AvgIpc) is 2.28. The van der Waals surface area contributed by atoms with Gasteiger partial charge in [0, 0.05) is 0 Å². The first-order valence-corrected chi connectivity index (χ1v) is 5.05. The molecule has 1 N–H and O–H groups in total. The highest BCUT2D eigenvalue weighted by Crippen LogP contribution is 2.28. The number of methoxy groups -OCH3 is 2. The molecule has 1 rings (SSSR count). The summed E-state index contributed by atoms with van der Waals surface area (Å²) in [6.07, 6.45) is 0. The number of hydrogen-bond donors (Lipinski definition) is 1. The smallest absolute Gasteiger partial charge is 0.316 e. The highest BCUT2D eigenvalue weighted by Gasteiger charge is 2.34. The van der Waals surface area contributed by atoms with Crippen LogP contribution < -0.4 is 9.47 Å². The van der Waals surface area contributed by atoms with Crippen molar-refractivity contribution in [2.45, 2.75) is 26.2 Å². The van der Waals surface area contributed by atoms with Crippen molar-refractivity contribution in [3.05, 3.63) is 11.4 Å². The van der Waals surface area contributed by atoms with E-state index in [-0.39, 0.29) is 5.82 Å². The van der Waals surface area contributed by atoms with E-state index >= 15 is 0 Å². The fraction of sp³-hybridized carbons (Fsp3) is 0.545. The van der Waals surface area contributed by atoms with Crippen LogP contribution in [0.1, 0.15) is 25.2 Å². The molecule has 0 aliphatic rings. The topological polar surface area (TPSA) is 81.5 Å². The first kappa shape index (κ1) is 13.2. The Morgan fingerprint density at radius 3 is 1.88 bits per heavy atom. The number of carboxylic acid groups (broad SMARTS) is 1. The third-order valence-corrected chi connectivity index (χ3v) is 2.54. The van der Waals surface area contributed by atoms with Gasteiger partial charge in [-0.1, -0.05) is 0 Å². The van der Waals surface area contributed by atoms with Crippen LogP contribution in [0.25, 0.3) is 0 Å². The van der Waals surface area contributed by atoms with Gasteiger partial charge < -0.3 is 14.6 Å². The molecule has 0 aromatic carbocycles. The van der Waals surface area contributed by atoms with Crippen LogP contribution in [-0.4, -0.2) is 35.3 Å². The van der Waals surface area contributed by atoms with E-state index in [9.17, 15) is 4.79 Å². The van der Waals surface area contributed by atoms with Gasteiger partial charge in [-0.25, -0.2) is 0 Å². The summed E-state index contributed by atoms with van der Waals surface area (Å²) in [5, 5.41) is 9.13. The number of aliphatic carboxylic acids is 1. The van der Waals surface area contributed by atoms with Crippen molar-refractivity contribution in [3.63, 3.8) is 0 Å². The second-order valence-electron chi connectivity index (χ2n) is 4.12. The van der Waals surface area contributed by atoms with Crippen LogP contribution in [0.3, 0.4) is 0 Å². The summed E-state index contributed by atoms with van der Waals surface area (Å²) in [5.74, 6) is -0.211. The van der Waals surface area contributed by atoms with Gasteiger partial charge in [0.2, 0.25) is 11.8 Å². The number of ether oxygens (including phenoxy) is 2. The summed E-state index contributed by atoms with van der Waals surface area (Å²) in [7, 11) is 2.93. The van der Waals surface area contributed by atoms with Crippen LogP contribution in [0, 0.1) is 6.92 Å². The molecular formula is C11H16N2O4. The molecule has 17 heavy (non-hydrogen) atoms. The van der Waals surface area contributed by atoms with Crippen molar-refractivity contribution < 1.29 is 19.4 Å². The van der Waals surface area contributed by atoms with Gasteiger partial charge in [-0.15, -0.1) is 0 Å². The molecule has 0 unspecified atom stereocenters. The molecule has 1 heterocycles. The molecule has 1 aromatic rings. The molecule has 94 valence electrons. The summed E-state index contributed by atoms with van der Waals surface area (Å²) in [5.41, 5.74) is -0.561. The van der Waals surface area contributed by atoms with Crippen molar-refractivity contribution in [1.29, 1.82) is 0 Å². The van der Waals surface area contributed by atoms with Crippen LogP contribution >= 0.6 is 0 Å². The van der Waals surface area contributed by atoms with E-state index in [0.29, 0.717) is 17.3 Å². The van der Waals surface area contributed by atoms with E-state index in [4.69, 9.17) is 14.6 Å². The molecular weight excluding hydrogens is 224 g/mol. The number of carboxylic acids is 1. The van der Waals surface area contributed by atoms with Crippen LogP contribution in [0.5, 0.6) is 11.8 Å². The summed E-state index contributed by atoms with van der Waals surface area (Å²) in [4.78, 5) is 19.3. The van der Waals surface area contributed by atoms with Crippen molar-refractivity contribution in [3.8, 4) is 11.8 Å². The van der Waals surface area contributed by atoms with Gasteiger partial charge in [0.1, 0.15) is 5.41 Å². The average molecular weight is 240 g/mol. The van der Waals surface area contributed by atoms with Crippen molar-refractivity contribution in [2.75, 3.05) is 14.2 Å². The number of carbonyl (C=O) groups is 1. The molecule has 0 fully saturated rings. The van der Waals surface area contributed by atoms with E-state index in [1.165, 1.54) is 28.1 Å². The molecule has 0 aliphatic carbocycles. The lowest BCUT2D eigenvalue weighted by atomic mass is 9.92. The van der Waals surface area contributed by atoms with Crippen molar-refractivity contribution in [1.82, 2.24) is 9.97 Å². The number of rotatable bonds is 4. The highest BCUT2D eigenvalue weighted by molar-refractivity contribution is 5.79. The second-order valence-corrected chi connectivity index (χ2v) is 4.12. The molecule has 0 bridgehead atoms. The first-order chi connectivity index (χ1) is 7.84. The summed E-state index contributed by atoms with van der Waals surface area (Å²) in [6.45, 7) is 4.80. The molecule has 0 amide bonds. The fourth-order valence-electron chi connectivity index (χ4n) is 1.25. The zero-order chi connectivity index (χ0) is 13.2. The van der Waals surface area contributed by atoms with Gasteiger partial charge in [-0.05, 0) is 20.8 Å². The highest BCUT2D eigenvalue weighted by atomic mass is 16.5. The summed E-state index contributed by atoms with van der Waals surface area (Å²) < 4.78 is 10.2. The zero-order valence-corrected chi connectivity index (χ0v) is 10.6. The standard InChI is InChI=1S/C11H16N2O4/c1-6-7(16-4)12-9(13-8(6)17-5)11(2,3)10(14)15/h1-5H3,(H,14,15). The predicted molar refractivity (Wildman–Crippen MR) is 60.5 cm³/mol. The van der Waals surface area contributed by atoms with Crippen molar-refractivity contribution >= 4 is 5.97 Å². The van der Waals surface area contributed by atoms with Gasteiger partial charge in [-0.2, -0.15) is 9.97 Å². The van der Waals surface area contributed by atoms with Gasteiger partial charge in [0.25, 0.3) is 0 Å². The molecule has 0 radical (unpaired) electrons. The Labute approximate surface area is 99.6 Å². The molecule has 1 aromatic heterocycles. The maximum absolute atomic E-state index is 11.1. The lowest BCUT2D eigenvalue weighted by molar-refractivity contribution is -0.142. The molecule has 0 aliphatic heterocycles. The van der Waals surface area contributed by atoms with E-state index in [1.807, 2.05) is 0 Å². The Morgan fingerprint density at radius 2 is 1.59 bits per heavy atom. The third-order valence-electron chi connectivity index (χ3n) is 2.54. The van der Waals surface area contributed by atoms with Crippen LogP contribution in [0.15, 0.2) is 0 Å². The van der Waals surface area contributed by atoms with Gasteiger partial charge in [0.05, 0.1) is 19.8 Å². The lowest BCUT2D eigenvalue weighted by Gasteiger charge is -2.19. The Bertz CT molecular complexity index is 418. The second kappa shape index (κ2) is 4.57. The molecule has 0 saturated heterocycles. The van der Waals surface area contributed by atoms with Crippen LogP contribution in [-0.2, 0) is 10.2 Å². The van der Waals surface area contributed by atoms with E-state index < -0.39 is 11.4 Å². The zero-order valence-electron chi connectivity index (χ0n) is 10.6. The normalized spacial score (nSPS) is 11.1. The van der Waals surface area contributed by atoms with E-state index in [2.05, 4.69) is 9.97 Å². The first-order valence-electron chi connectivity index (χ1n) is 5.05. The van der Waals surface area contributed by atoms with Gasteiger partial charge >= 0.3 is 5.97 Å². The minimum atomic E-state index is -1.20. The van der Waals surface area contributed by atoms with E-state index in [1.54, 1.807) is 6.92 Å². The van der Waals surface area contributed by atoms with Crippen LogP contribution in [0.4, 0.5) is 0 Å². The van der Waals surface area contributed by atoms with Crippen molar-refractivity contribution in [2.24, 2.45) is 0 Å². The summed E-state index contributed by atoms with van der Waals surface area (Å²) >= 11 is 0. The number of aromatic nitrogens is 2. The van der Waals surface area contributed by atoms with Gasteiger partial charge in [0.15, 0.2) is 5.82 Å².